The van der Waals surface area contributed by atoms with Crippen molar-refractivity contribution >= 4 is 21.9 Å². The molecule has 0 atom stereocenters. The highest BCUT2D eigenvalue weighted by atomic mass is 32.2. The van der Waals surface area contributed by atoms with Crippen LogP contribution in [0.25, 0.3) is 0 Å². The Labute approximate surface area is 124 Å². The molecule has 0 radical (unpaired) electrons. The van der Waals surface area contributed by atoms with Gasteiger partial charge in [0.1, 0.15) is 0 Å². The van der Waals surface area contributed by atoms with Crippen LogP contribution in [0.3, 0.4) is 0 Å². The number of nitrogens with zero attached hydrogens (tertiary/aromatic N) is 3. The maximum atomic E-state index is 12.2. The van der Waals surface area contributed by atoms with E-state index in [-0.39, 0.29) is 25.0 Å². The molecule has 2 aliphatic rings. The van der Waals surface area contributed by atoms with Gasteiger partial charge < -0.3 is 10.0 Å². The Morgan fingerprint density at radius 1 is 1.14 bits per heavy atom. The van der Waals surface area contributed by atoms with Gasteiger partial charge in [-0.15, -0.1) is 0 Å². The fourth-order valence-corrected chi connectivity index (χ4v) is 3.30. The number of piperazine rings is 1. The van der Waals surface area contributed by atoms with E-state index < -0.39 is 16.0 Å². The molecule has 0 aromatic carbocycles. The van der Waals surface area contributed by atoms with E-state index >= 15 is 0 Å². The molecule has 0 spiro atoms. The van der Waals surface area contributed by atoms with E-state index in [2.05, 4.69) is 0 Å². The highest BCUT2D eigenvalue weighted by molar-refractivity contribution is 7.88. The van der Waals surface area contributed by atoms with Gasteiger partial charge in [0.2, 0.25) is 15.9 Å². The van der Waals surface area contributed by atoms with Gasteiger partial charge in [-0.2, -0.15) is 4.31 Å². The summed E-state index contributed by atoms with van der Waals surface area (Å²) in [5.74, 6) is -1.06. The minimum Gasteiger partial charge on any atom is -0.480 e. The van der Waals surface area contributed by atoms with Crippen LogP contribution in [0.1, 0.15) is 12.8 Å². The molecule has 1 saturated heterocycles. The van der Waals surface area contributed by atoms with Gasteiger partial charge >= 0.3 is 5.97 Å². The first-order chi connectivity index (χ1) is 9.77. The molecule has 2 fully saturated rings. The summed E-state index contributed by atoms with van der Waals surface area (Å²) >= 11 is 0. The zero-order valence-corrected chi connectivity index (χ0v) is 12.9. The van der Waals surface area contributed by atoms with Crippen LogP contribution in [0.2, 0.25) is 0 Å². The quantitative estimate of drug-likeness (QED) is 0.649. The highest BCUT2D eigenvalue weighted by Gasteiger charge is 2.33. The van der Waals surface area contributed by atoms with E-state index in [1.165, 1.54) is 4.31 Å². The average Bonchev–Trinajstić information content (AvgIpc) is 3.20. The van der Waals surface area contributed by atoms with Crippen LogP contribution >= 0.6 is 0 Å². The first-order valence-corrected chi connectivity index (χ1v) is 8.81. The summed E-state index contributed by atoms with van der Waals surface area (Å²) in [5.41, 5.74) is 0. The average molecular weight is 319 g/mol. The molecule has 1 aliphatic carbocycles. The van der Waals surface area contributed by atoms with Crippen molar-refractivity contribution in [2.24, 2.45) is 0 Å². The minimum atomic E-state index is -3.21. The summed E-state index contributed by atoms with van der Waals surface area (Å²) < 4.78 is 24.2. The molecule has 0 unspecified atom stereocenters. The lowest BCUT2D eigenvalue weighted by Gasteiger charge is -2.34. The minimum absolute atomic E-state index is 0.0931. The van der Waals surface area contributed by atoms with E-state index in [0.717, 1.165) is 19.1 Å². The molecular weight excluding hydrogens is 298 g/mol. The summed E-state index contributed by atoms with van der Waals surface area (Å²) in [7, 11) is -3.21. The van der Waals surface area contributed by atoms with Crippen LogP contribution in [0.5, 0.6) is 0 Å². The molecule has 120 valence electrons. The van der Waals surface area contributed by atoms with Gasteiger partial charge in [0.25, 0.3) is 0 Å². The molecule has 1 saturated carbocycles. The predicted molar refractivity (Wildman–Crippen MR) is 75.2 cm³/mol. The molecule has 9 heteroatoms. The molecule has 0 bridgehead atoms. The third-order valence-electron chi connectivity index (χ3n) is 3.80. The fourth-order valence-electron chi connectivity index (χ4n) is 2.47. The maximum absolute atomic E-state index is 12.2. The Hall–Kier alpha value is -1.19. The number of hydrogen-bond donors (Lipinski definition) is 1. The topological polar surface area (TPSA) is 98.2 Å². The Balaban J connectivity index is 1.85. The van der Waals surface area contributed by atoms with Crippen molar-refractivity contribution in [2.45, 2.75) is 18.9 Å². The van der Waals surface area contributed by atoms with E-state index in [9.17, 15) is 18.0 Å². The van der Waals surface area contributed by atoms with Crippen molar-refractivity contribution in [3.05, 3.63) is 0 Å². The first kappa shape index (κ1) is 16.2. The summed E-state index contributed by atoms with van der Waals surface area (Å²) in [6, 6.07) is 0.197. The summed E-state index contributed by atoms with van der Waals surface area (Å²) in [6.07, 6.45) is 3.02. The van der Waals surface area contributed by atoms with E-state index in [1.807, 2.05) is 0 Å². The van der Waals surface area contributed by atoms with Crippen molar-refractivity contribution in [3.8, 4) is 0 Å². The SMILES string of the molecule is CS(=O)(=O)N1CCN(C(=O)CN(CC(=O)O)C2CC2)CC1. The van der Waals surface area contributed by atoms with Crippen LogP contribution in [0, 0.1) is 0 Å². The lowest BCUT2D eigenvalue weighted by molar-refractivity contribution is -0.140. The molecular formula is C12H21N3O5S. The third-order valence-corrected chi connectivity index (χ3v) is 5.10. The van der Waals surface area contributed by atoms with Crippen molar-refractivity contribution < 1.29 is 23.1 Å². The molecule has 1 aliphatic heterocycles. The van der Waals surface area contributed by atoms with E-state index in [1.54, 1.807) is 9.80 Å². The van der Waals surface area contributed by atoms with Gasteiger partial charge in [0.15, 0.2) is 0 Å². The Kier molecular flexibility index (Phi) is 4.84. The smallest absolute Gasteiger partial charge is 0.317 e. The van der Waals surface area contributed by atoms with Crippen LogP contribution in [-0.2, 0) is 19.6 Å². The molecule has 1 N–H and O–H groups in total. The number of carbonyl (C=O) groups excluding carboxylic acids is 1. The first-order valence-electron chi connectivity index (χ1n) is 6.96. The lowest BCUT2D eigenvalue weighted by atomic mass is 10.3. The second kappa shape index (κ2) is 6.29. The monoisotopic (exact) mass is 319 g/mol. The lowest BCUT2D eigenvalue weighted by Crippen LogP contribution is -2.52. The molecule has 1 heterocycles. The Morgan fingerprint density at radius 2 is 1.71 bits per heavy atom. The number of aliphatic carboxylic acids is 1. The molecule has 21 heavy (non-hydrogen) atoms. The molecule has 2 rings (SSSR count). The standard InChI is InChI=1S/C12H21N3O5S/c1-21(19,20)15-6-4-13(5-7-15)11(16)8-14(9-12(17)18)10-2-3-10/h10H,2-9H2,1H3,(H,17,18). The largest absolute Gasteiger partial charge is 0.480 e. The molecule has 0 aromatic heterocycles. The molecule has 0 aromatic rings. The normalized spacial score (nSPS) is 20.8. The second-order valence-corrected chi connectivity index (χ2v) is 7.56. The van der Waals surface area contributed by atoms with Gasteiger partial charge in [0.05, 0.1) is 19.3 Å². The van der Waals surface area contributed by atoms with Crippen LogP contribution in [0.15, 0.2) is 0 Å². The van der Waals surface area contributed by atoms with Crippen LogP contribution in [-0.4, -0.2) is 91.1 Å². The fraction of sp³-hybridized carbons (Fsp3) is 0.833. The van der Waals surface area contributed by atoms with Gasteiger partial charge in [-0.1, -0.05) is 0 Å². The predicted octanol–water partition coefficient (Wildman–Crippen LogP) is -1.36. The zero-order chi connectivity index (χ0) is 15.6. The summed E-state index contributed by atoms with van der Waals surface area (Å²) in [4.78, 5) is 26.3. The number of carboxylic acid groups (broad SMARTS) is 1. The van der Waals surface area contributed by atoms with E-state index in [4.69, 9.17) is 5.11 Å². The second-order valence-electron chi connectivity index (χ2n) is 5.57. The van der Waals surface area contributed by atoms with Crippen LogP contribution in [0.4, 0.5) is 0 Å². The third kappa shape index (κ3) is 4.65. The van der Waals surface area contributed by atoms with Crippen molar-refractivity contribution in [2.75, 3.05) is 45.5 Å². The molecule has 1 amide bonds. The number of amides is 1. The zero-order valence-electron chi connectivity index (χ0n) is 12.1. The highest BCUT2D eigenvalue weighted by Crippen LogP contribution is 2.26. The number of rotatable bonds is 6. The number of carboxylic acids is 1. The van der Waals surface area contributed by atoms with Gasteiger partial charge in [0, 0.05) is 32.2 Å². The Bertz CT molecular complexity index is 509. The number of sulfonamides is 1. The number of carbonyl (C=O) groups is 2. The number of hydrogen-bond acceptors (Lipinski definition) is 5. The van der Waals surface area contributed by atoms with Crippen molar-refractivity contribution in [3.63, 3.8) is 0 Å². The Morgan fingerprint density at radius 3 is 2.14 bits per heavy atom. The van der Waals surface area contributed by atoms with Crippen molar-refractivity contribution in [1.29, 1.82) is 0 Å². The summed E-state index contributed by atoms with van der Waals surface area (Å²) in [5, 5.41) is 8.87. The van der Waals surface area contributed by atoms with Gasteiger partial charge in [-0.05, 0) is 12.8 Å². The molecule has 8 nitrogen and oxygen atoms in total. The summed E-state index contributed by atoms with van der Waals surface area (Å²) in [6.45, 7) is 1.28. The van der Waals surface area contributed by atoms with Gasteiger partial charge in [-0.25, -0.2) is 8.42 Å². The maximum Gasteiger partial charge on any atom is 0.317 e. The van der Waals surface area contributed by atoms with Crippen LogP contribution < -0.4 is 0 Å². The van der Waals surface area contributed by atoms with Crippen molar-refractivity contribution in [1.82, 2.24) is 14.1 Å². The van der Waals surface area contributed by atoms with E-state index in [0.29, 0.717) is 26.2 Å². The van der Waals surface area contributed by atoms with Gasteiger partial charge in [-0.3, -0.25) is 14.5 Å².